The number of nitrogens with zero attached hydrogens (tertiary/aromatic N) is 2. The lowest BCUT2D eigenvalue weighted by Crippen LogP contribution is -2.03. The van der Waals surface area contributed by atoms with Gasteiger partial charge in [-0.15, -0.1) is 11.3 Å². The minimum absolute atomic E-state index is 0.288. The zero-order valence-electron chi connectivity index (χ0n) is 12.5. The molecule has 0 unspecified atom stereocenters. The van der Waals surface area contributed by atoms with Crippen LogP contribution in [-0.4, -0.2) is 36.8 Å². The Morgan fingerprint density at radius 1 is 0.952 bits per heavy atom. The molecule has 21 heavy (non-hydrogen) atoms. The van der Waals surface area contributed by atoms with Gasteiger partial charge >= 0.3 is 12.2 Å². The summed E-state index contributed by atoms with van der Waals surface area (Å²) in [6, 6.07) is 3.64. The summed E-state index contributed by atoms with van der Waals surface area (Å²) in [6.45, 7) is 7.48. The molecule has 0 spiro atoms. The van der Waals surface area contributed by atoms with Crippen molar-refractivity contribution in [2.75, 3.05) is 13.2 Å². The fraction of sp³-hybridized carbons (Fsp3) is 0.429. The monoisotopic (exact) mass is 310 g/mol. The van der Waals surface area contributed by atoms with E-state index in [4.69, 9.17) is 9.47 Å². The maximum absolute atomic E-state index is 11.3. The number of carbonyl (C=O) groups is 2. The van der Waals surface area contributed by atoms with E-state index in [0.717, 1.165) is 9.75 Å². The van der Waals surface area contributed by atoms with Crippen LogP contribution in [0.2, 0.25) is 0 Å². The molecule has 0 aliphatic rings. The zero-order chi connectivity index (χ0) is 15.8. The Hall–Kier alpha value is -2.02. The van der Waals surface area contributed by atoms with Crippen molar-refractivity contribution in [3.05, 3.63) is 21.9 Å². The second-order valence-electron chi connectivity index (χ2n) is 3.96. The van der Waals surface area contributed by atoms with Crippen molar-refractivity contribution in [2.24, 2.45) is 9.98 Å². The summed E-state index contributed by atoms with van der Waals surface area (Å²) in [7, 11) is 0. The molecule has 0 N–H and O–H groups in total. The predicted molar refractivity (Wildman–Crippen MR) is 82.8 cm³/mol. The lowest BCUT2D eigenvalue weighted by atomic mass is 10.3. The van der Waals surface area contributed by atoms with E-state index in [1.165, 1.54) is 11.3 Å². The van der Waals surface area contributed by atoms with Gasteiger partial charge in [-0.3, -0.25) is 0 Å². The summed E-state index contributed by atoms with van der Waals surface area (Å²) in [5.41, 5.74) is 1.13. The normalized spacial score (nSPS) is 12.2. The summed E-state index contributed by atoms with van der Waals surface area (Å²) in [4.78, 5) is 31.9. The van der Waals surface area contributed by atoms with Crippen molar-refractivity contribution in [3.63, 3.8) is 0 Å². The molecule has 1 heterocycles. The number of aliphatic imine (C=N–C) groups is 2. The first-order valence-corrected chi connectivity index (χ1v) is 7.34. The number of carbonyl (C=O) groups excluding carboxylic acids is 2. The van der Waals surface area contributed by atoms with Gasteiger partial charge in [0.15, 0.2) is 0 Å². The molecule has 0 aliphatic heterocycles. The molecule has 0 radical (unpaired) electrons. The van der Waals surface area contributed by atoms with Crippen LogP contribution in [0.25, 0.3) is 0 Å². The maximum atomic E-state index is 11.3. The van der Waals surface area contributed by atoms with Gasteiger partial charge in [-0.2, -0.15) is 9.98 Å². The molecule has 2 amide bonds. The fourth-order valence-electron chi connectivity index (χ4n) is 1.42. The molecule has 0 fully saturated rings. The second-order valence-corrected chi connectivity index (χ2v) is 5.04. The number of hydrogen-bond donors (Lipinski definition) is 0. The Bertz CT molecular complexity index is 527. The molecule has 0 saturated carbocycles. The van der Waals surface area contributed by atoms with E-state index < -0.39 is 12.2 Å². The zero-order valence-corrected chi connectivity index (χ0v) is 13.3. The minimum atomic E-state index is -0.609. The van der Waals surface area contributed by atoms with Crippen LogP contribution in [-0.2, 0) is 9.47 Å². The van der Waals surface area contributed by atoms with Gasteiger partial charge in [0, 0.05) is 9.75 Å². The Morgan fingerprint density at radius 3 is 1.67 bits per heavy atom. The molecular weight excluding hydrogens is 292 g/mol. The van der Waals surface area contributed by atoms with Crippen LogP contribution < -0.4 is 0 Å². The number of hydrogen-bond acceptors (Lipinski definition) is 5. The summed E-state index contributed by atoms with van der Waals surface area (Å²) in [5, 5.41) is 0. The molecule has 0 saturated heterocycles. The number of ether oxygens (including phenoxy) is 2. The first-order chi connectivity index (χ1) is 9.97. The van der Waals surface area contributed by atoms with Gasteiger partial charge in [-0.25, -0.2) is 9.59 Å². The summed E-state index contributed by atoms with van der Waals surface area (Å²) in [5.74, 6) is 0. The van der Waals surface area contributed by atoms with Crippen molar-refractivity contribution in [1.82, 2.24) is 0 Å². The first-order valence-electron chi connectivity index (χ1n) is 6.52. The number of rotatable bonds is 4. The fourth-order valence-corrected chi connectivity index (χ4v) is 2.32. The van der Waals surface area contributed by atoms with Crippen LogP contribution >= 0.6 is 11.3 Å². The van der Waals surface area contributed by atoms with E-state index in [9.17, 15) is 9.59 Å². The van der Waals surface area contributed by atoms with Crippen LogP contribution in [0.15, 0.2) is 22.1 Å². The topological polar surface area (TPSA) is 77.3 Å². The van der Waals surface area contributed by atoms with Crippen molar-refractivity contribution in [2.45, 2.75) is 27.7 Å². The Labute approximate surface area is 127 Å². The highest BCUT2D eigenvalue weighted by Gasteiger charge is 2.09. The molecule has 1 aromatic heterocycles. The van der Waals surface area contributed by atoms with Gasteiger partial charge in [0.2, 0.25) is 0 Å². The second kappa shape index (κ2) is 8.31. The largest absolute Gasteiger partial charge is 0.448 e. The average molecular weight is 310 g/mol. The van der Waals surface area contributed by atoms with Crippen molar-refractivity contribution in [3.8, 4) is 0 Å². The van der Waals surface area contributed by atoms with Crippen LogP contribution in [0, 0.1) is 0 Å². The van der Waals surface area contributed by atoms with Crippen molar-refractivity contribution in [1.29, 1.82) is 0 Å². The Kier molecular flexibility index (Phi) is 6.74. The van der Waals surface area contributed by atoms with Crippen LogP contribution in [0.3, 0.4) is 0 Å². The van der Waals surface area contributed by atoms with Crippen LogP contribution in [0.1, 0.15) is 37.4 Å². The predicted octanol–water partition coefficient (Wildman–Crippen LogP) is 3.68. The smallest absolute Gasteiger partial charge is 0.433 e. The third kappa shape index (κ3) is 5.47. The molecule has 0 bridgehead atoms. The van der Waals surface area contributed by atoms with Gasteiger partial charge in [-0.1, -0.05) is 0 Å². The van der Waals surface area contributed by atoms with Gasteiger partial charge < -0.3 is 9.47 Å². The number of amides is 2. The molecule has 0 atom stereocenters. The van der Waals surface area contributed by atoms with E-state index in [1.54, 1.807) is 27.7 Å². The third-order valence-corrected chi connectivity index (χ3v) is 3.68. The molecule has 1 rings (SSSR count). The van der Waals surface area contributed by atoms with Gasteiger partial charge in [-0.05, 0) is 39.8 Å². The molecule has 6 nitrogen and oxygen atoms in total. The summed E-state index contributed by atoms with van der Waals surface area (Å²) < 4.78 is 9.52. The minimum Gasteiger partial charge on any atom is -0.448 e. The highest BCUT2D eigenvalue weighted by molar-refractivity contribution is 7.16. The summed E-state index contributed by atoms with van der Waals surface area (Å²) >= 11 is 1.39. The Balaban J connectivity index is 2.86. The van der Waals surface area contributed by atoms with Gasteiger partial charge in [0.1, 0.15) is 0 Å². The molecule has 0 aliphatic carbocycles. The number of thiophene rings is 1. The highest BCUT2D eigenvalue weighted by atomic mass is 32.1. The standard InChI is InChI=1S/C14H18N2O4S/c1-5-19-13(17)15-9(3)11-7-8-12(21-11)10(4)16-14(18)20-6-2/h7-8H,5-6H2,1-4H3/b15-9+,16-10+. The van der Waals surface area contributed by atoms with E-state index in [-0.39, 0.29) is 13.2 Å². The van der Waals surface area contributed by atoms with E-state index in [1.807, 2.05) is 12.1 Å². The molecule has 114 valence electrons. The SMILES string of the molecule is CCOC(=O)/N=C(\C)c1ccc(/C(C)=N/C(=O)OCC)s1. The highest BCUT2D eigenvalue weighted by Crippen LogP contribution is 2.19. The molecule has 0 aromatic carbocycles. The quantitative estimate of drug-likeness (QED) is 0.795. The first kappa shape index (κ1) is 17.0. The van der Waals surface area contributed by atoms with E-state index >= 15 is 0 Å². The average Bonchev–Trinajstić information content (AvgIpc) is 2.88. The van der Waals surface area contributed by atoms with E-state index in [2.05, 4.69) is 9.98 Å². The van der Waals surface area contributed by atoms with Gasteiger partial charge in [0.25, 0.3) is 0 Å². The van der Waals surface area contributed by atoms with Crippen molar-refractivity contribution < 1.29 is 19.1 Å². The maximum Gasteiger partial charge on any atom is 0.433 e. The summed E-state index contributed by atoms with van der Waals surface area (Å²) in [6.07, 6.45) is -1.22. The third-order valence-electron chi connectivity index (χ3n) is 2.37. The van der Waals surface area contributed by atoms with E-state index in [0.29, 0.717) is 11.4 Å². The Morgan fingerprint density at radius 2 is 1.33 bits per heavy atom. The van der Waals surface area contributed by atoms with Gasteiger partial charge in [0.05, 0.1) is 24.6 Å². The lowest BCUT2D eigenvalue weighted by molar-refractivity contribution is 0.162. The lowest BCUT2D eigenvalue weighted by Gasteiger charge is -1.98. The molecule has 1 aromatic rings. The molecular formula is C14H18N2O4S. The molecule has 7 heteroatoms. The van der Waals surface area contributed by atoms with Crippen molar-refractivity contribution >= 4 is 34.9 Å². The van der Waals surface area contributed by atoms with Crippen LogP contribution in [0.4, 0.5) is 9.59 Å². The van der Waals surface area contributed by atoms with Crippen LogP contribution in [0.5, 0.6) is 0 Å².